The number of amides is 2. The number of carbonyl (C=O) groups excluding carboxylic acids is 2. The third-order valence-electron chi connectivity index (χ3n) is 6.65. The molecule has 0 aliphatic heterocycles. The van der Waals surface area contributed by atoms with Crippen LogP contribution < -0.4 is 19.1 Å². The Balaban J connectivity index is 2.01. The molecule has 3 rings (SSSR count). The van der Waals surface area contributed by atoms with Crippen molar-refractivity contribution in [1.82, 2.24) is 10.2 Å². The molecule has 2 amide bonds. The number of hydrogen-bond acceptors (Lipinski definition) is 6. The molecule has 0 bridgehead atoms. The van der Waals surface area contributed by atoms with Crippen molar-refractivity contribution < 1.29 is 27.5 Å². The third kappa shape index (κ3) is 7.53. The lowest BCUT2D eigenvalue weighted by Crippen LogP contribution is -2.52. The average Bonchev–Trinajstić information content (AvgIpc) is 2.98. The van der Waals surface area contributed by atoms with Crippen molar-refractivity contribution in [2.24, 2.45) is 0 Å². The topological polar surface area (TPSA) is 105 Å². The molecule has 10 heteroatoms. The molecule has 0 aliphatic rings. The van der Waals surface area contributed by atoms with Crippen LogP contribution in [-0.2, 0) is 26.2 Å². The highest BCUT2D eigenvalue weighted by atomic mass is 32.2. The summed E-state index contributed by atoms with van der Waals surface area (Å²) in [6, 6.07) is 20.6. The van der Waals surface area contributed by atoms with Crippen molar-refractivity contribution >= 4 is 27.5 Å². The fourth-order valence-corrected chi connectivity index (χ4v) is 5.41. The van der Waals surface area contributed by atoms with Crippen LogP contribution in [0.2, 0.25) is 0 Å². The fourth-order valence-electron chi connectivity index (χ4n) is 3.97. The van der Waals surface area contributed by atoms with Crippen LogP contribution in [0.4, 0.5) is 5.69 Å². The van der Waals surface area contributed by atoms with Gasteiger partial charge in [-0.1, -0.05) is 37.3 Å². The number of nitrogens with zero attached hydrogens (tertiary/aromatic N) is 2. The summed E-state index contributed by atoms with van der Waals surface area (Å²) < 4.78 is 39.1. The van der Waals surface area contributed by atoms with Gasteiger partial charge in [0.15, 0.2) is 0 Å². The van der Waals surface area contributed by atoms with E-state index in [0.29, 0.717) is 17.2 Å². The first-order valence-corrected chi connectivity index (χ1v) is 14.5. The van der Waals surface area contributed by atoms with E-state index in [-0.39, 0.29) is 23.4 Å². The Labute approximate surface area is 236 Å². The molecule has 3 aromatic rings. The highest BCUT2D eigenvalue weighted by molar-refractivity contribution is 7.92. The van der Waals surface area contributed by atoms with Crippen molar-refractivity contribution in [2.45, 2.75) is 50.7 Å². The van der Waals surface area contributed by atoms with Gasteiger partial charge in [0.1, 0.15) is 24.1 Å². The van der Waals surface area contributed by atoms with Gasteiger partial charge in [0.2, 0.25) is 11.8 Å². The minimum atomic E-state index is -4.13. The summed E-state index contributed by atoms with van der Waals surface area (Å²) in [5.74, 6) is 0.350. The van der Waals surface area contributed by atoms with Gasteiger partial charge in [-0.25, -0.2) is 8.42 Å². The summed E-state index contributed by atoms with van der Waals surface area (Å²) in [5, 5.41) is 2.92. The lowest BCUT2D eigenvalue weighted by Gasteiger charge is -2.32. The van der Waals surface area contributed by atoms with Crippen molar-refractivity contribution in [1.29, 1.82) is 0 Å². The molecular weight excluding hydrogens is 530 g/mol. The molecule has 0 aliphatic carbocycles. The van der Waals surface area contributed by atoms with Crippen LogP contribution >= 0.6 is 0 Å². The quantitative estimate of drug-likeness (QED) is 0.332. The van der Waals surface area contributed by atoms with Crippen LogP contribution in [0.15, 0.2) is 83.8 Å². The summed E-state index contributed by atoms with van der Waals surface area (Å²) in [5.41, 5.74) is 1.05. The Morgan fingerprint density at radius 2 is 1.40 bits per heavy atom. The van der Waals surface area contributed by atoms with Crippen molar-refractivity contribution in [3.05, 3.63) is 84.4 Å². The molecule has 0 aromatic heterocycles. The van der Waals surface area contributed by atoms with Gasteiger partial charge in [-0.3, -0.25) is 13.9 Å². The second kappa shape index (κ2) is 13.8. The first-order chi connectivity index (χ1) is 19.1. The summed E-state index contributed by atoms with van der Waals surface area (Å²) in [6.07, 6.45) is 0.728. The Morgan fingerprint density at radius 1 is 0.850 bits per heavy atom. The molecule has 0 fully saturated rings. The Kier molecular flexibility index (Phi) is 10.6. The van der Waals surface area contributed by atoms with E-state index in [4.69, 9.17) is 9.47 Å². The molecule has 2 atom stereocenters. The Morgan fingerprint density at radius 3 is 1.93 bits per heavy atom. The highest BCUT2D eigenvalue weighted by Gasteiger charge is 2.32. The van der Waals surface area contributed by atoms with Gasteiger partial charge in [-0.05, 0) is 74.4 Å². The van der Waals surface area contributed by atoms with E-state index in [9.17, 15) is 18.0 Å². The largest absolute Gasteiger partial charge is 0.497 e. The number of sulfonamides is 1. The number of benzene rings is 3. The SMILES string of the molecule is CC[C@@H](C)NC(=O)[C@H](C)N(Cc1ccc(OC)cc1)C(=O)CN(c1ccc(OC)cc1)S(=O)(=O)c1ccccc1. The maximum atomic E-state index is 13.9. The number of ether oxygens (including phenoxy) is 2. The van der Waals surface area contributed by atoms with Crippen molar-refractivity contribution in [2.75, 3.05) is 25.1 Å². The van der Waals surface area contributed by atoms with Gasteiger partial charge in [-0.2, -0.15) is 0 Å². The van der Waals surface area contributed by atoms with Gasteiger partial charge in [0.25, 0.3) is 10.0 Å². The zero-order valence-corrected chi connectivity index (χ0v) is 24.4. The molecule has 40 heavy (non-hydrogen) atoms. The van der Waals surface area contributed by atoms with Crippen LogP contribution in [0.3, 0.4) is 0 Å². The smallest absolute Gasteiger partial charge is 0.264 e. The van der Waals surface area contributed by atoms with E-state index in [2.05, 4.69) is 5.32 Å². The van der Waals surface area contributed by atoms with Gasteiger partial charge >= 0.3 is 0 Å². The van der Waals surface area contributed by atoms with Crippen LogP contribution in [0, 0.1) is 0 Å². The summed E-state index contributed by atoms with van der Waals surface area (Å²) in [6.45, 7) is 5.07. The lowest BCUT2D eigenvalue weighted by atomic mass is 10.1. The zero-order valence-electron chi connectivity index (χ0n) is 23.5. The van der Waals surface area contributed by atoms with E-state index in [1.54, 1.807) is 80.8 Å². The maximum Gasteiger partial charge on any atom is 0.264 e. The van der Waals surface area contributed by atoms with Crippen molar-refractivity contribution in [3.8, 4) is 11.5 Å². The first kappa shape index (κ1) is 30.5. The molecule has 3 aromatic carbocycles. The molecule has 0 radical (unpaired) electrons. The minimum absolute atomic E-state index is 0.0443. The fraction of sp³-hybridized carbons (Fsp3) is 0.333. The molecule has 0 unspecified atom stereocenters. The van der Waals surface area contributed by atoms with Crippen LogP contribution in [-0.4, -0.2) is 58.0 Å². The van der Waals surface area contributed by atoms with E-state index in [0.717, 1.165) is 16.3 Å². The molecule has 1 N–H and O–H groups in total. The summed E-state index contributed by atoms with van der Waals surface area (Å²) >= 11 is 0. The minimum Gasteiger partial charge on any atom is -0.497 e. The second-order valence-corrected chi connectivity index (χ2v) is 11.2. The van der Waals surface area contributed by atoms with Crippen LogP contribution in [0.1, 0.15) is 32.8 Å². The monoisotopic (exact) mass is 567 g/mol. The Hall–Kier alpha value is -4.05. The zero-order chi connectivity index (χ0) is 29.3. The average molecular weight is 568 g/mol. The molecule has 0 saturated heterocycles. The number of nitrogens with one attached hydrogen (secondary N) is 1. The van der Waals surface area contributed by atoms with Crippen molar-refractivity contribution in [3.63, 3.8) is 0 Å². The summed E-state index contributed by atoms with van der Waals surface area (Å²) in [4.78, 5) is 28.5. The van der Waals surface area contributed by atoms with Crippen LogP contribution in [0.25, 0.3) is 0 Å². The standard InChI is InChI=1S/C30H37N3O6S/c1-6-22(2)31-30(35)23(3)32(20-24-12-16-26(38-4)17-13-24)29(34)21-33(25-14-18-27(39-5)19-15-25)40(36,37)28-10-8-7-9-11-28/h7-19,22-23H,6,20-21H2,1-5H3,(H,31,35)/t22-,23+/m1/s1. The lowest BCUT2D eigenvalue weighted by molar-refractivity contribution is -0.139. The predicted octanol–water partition coefficient (Wildman–Crippen LogP) is 4.23. The number of anilines is 1. The summed E-state index contributed by atoms with van der Waals surface area (Å²) in [7, 11) is -1.05. The Bertz CT molecular complexity index is 1360. The second-order valence-electron chi connectivity index (χ2n) is 9.39. The number of rotatable bonds is 13. The van der Waals surface area contributed by atoms with Gasteiger partial charge in [-0.15, -0.1) is 0 Å². The number of carbonyl (C=O) groups is 2. The maximum absolute atomic E-state index is 13.9. The van der Waals surface area contributed by atoms with Gasteiger partial charge in [0.05, 0.1) is 24.8 Å². The normalized spacial score (nSPS) is 12.6. The molecular formula is C30H37N3O6S. The molecule has 0 heterocycles. The first-order valence-electron chi connectivity index (χ1n) is 13.0. The van der Waals surface area contributed by atoms with Gasteiger partial charge < -0.3 is 19.7 Å². The molecule has 9 nitrogen and oxygen atoms in total. The third-order valence-corrected chi connectivity index (χ3v) is 8.44. The molecule has 0 spiro atoms. The molecule has 214 valence electrons. The van der Waals surface area contributed by atoms with E-state index in [1.807, 2.05) is 13.8 Å². The molecule has 0 saturated carbocycles. The van der Waals surface area contributed by atoms with E-state index >= 15 is 0 Å². The van der Waals surface area contributed by atoms with Gasteiger partial charge in [0, 0.05) is 12.6 Å². The van der Waals surface area contributed by atoms with Crippen LogP contribution in [0.5, 0.6) is 11.5 Å². The number of hydrogen-bond donors (Lipinski definition) is 1. The van der Waals surface area contributed by atoms with E-state index < -0.39 is 28.5 Å². The number of methoxy groups -OCH3 is 2. The van der Waals surface area contributed by atoms with E-state index in [1.165, 1.54) is 24.1 Å². The highest BCUT2D eigenvalue weighted by Crippen LogP contribution is 2.26. The predicted molar refractivity (Wildman–Crippen MR) is 155 cm³/mol.